The minimum atomic E-state index is -0.415. The highest BCUT2D eigenvalue weighted by Gasteiger charge is 2.11. The molecule has 2 aromatic rings. The molecule has 0 unspecified atom stereocenters. The van der Waals surface area contributed by atoms with Gasteiger partial charge < -0.3 is 10.6 Å². The van der Waals surface area contributed by atoms with Crippen LogP contribution in [0.2, 0.25) is 0 Å². The maximum Gasteiger partial charge on any atom is 0.272 e. The number of carbonyl (C=O) groups is 2. The minimum absolute atomic E-state index is 0.162. The predicted octanol–water partition coefficient (Wildman–Crippen LogP) is 2.87. The molecule has 0 spiro atoms. The van der Waals surface area contributed by atoms with Crippen LogP contribution in [-0.2, 0) is 16.0 Å². The van der Waals surface area contributed by atoms with Gasteiger partial charge in [0, 0.05) is 12.6 Å². The van der Waals surface area contributed by atoms with Gasteiger partial charge in [-0.05, 0) is 29.3 Å². The molecule has 0 fully saturated rings. The highest BCUT2D eigenvalue weighted by atomic mass is 16.2. The molecule has 0 aromatic heterocycles. The van der Waals surface area contributed by atoms with E-state index < -0.39 is 5.91 Å². The van der Waals surface area contributed by atoms with Crippen LogP contribution in [0.4, 0.5) is 5.69 Å². The lowest BCUT2D eigenvalue weighted by Crippen LogP contribution is -2.28. The number of nitrogens with one attached hydrogen (secondary N) is 2. The average Bonchev–Trinajstić information content (AvgIpc) is 2.57. The van der Waals surface area contributed by atoms with Crippen molar-refractivity contribution in [2.45, 2.75) is 13.3 Å². The largest absolute Gasteiger partial charge is 0.322 e. The number of amides is 2. The summed E-state index contributed by atoms with van der Waals surface area (Å²) in [4.78, 5) is 23.8. The highest BCUT2D eigenvalue weighted by Crippen LogP contribution is 2.12. The van der Waals surface area contributed by atoms with Crippen LogP contribution in [-0.4, -0.2) is 11.8 Å². The zero-order valence-corrected chi connectivity index (χ0v) is 13.2. The molecule has 5 heteroatoms. The van der Waals surface area contributed by atoms with Crippen molar-refractivity contribution < 1.29 is 9.59 Å². The van der Waals surface area contributed by atoms with Crippen molar-refractivity contribution in [3.05, 3.63) is 71.4 Å². The van der Waals surface area contributed by atoms with Crippen LogP contribution in [0.3, 0.4) is 0 Å². The Morgan fingerprint density at radius 1 is 1.08 bits per heavy atom. The molecule has 0 aliphatic rings. The SMILES string of the molecule is CC(=O)N/C(=C\c1ccccc1)C(=O)Nc1ccc(CC#N)cc1. The number of nitrogens with zero attached hydrogens (tertiary/aromatic N) is 1. The van der Waals surface area contributed by atoms with E-state index in [2.05, 4.69) is 16.7 Å². The first-order valence-electron chi connectivity index (χ1n) is 7.40. The number of hydrogen-bond acceptors (Lipinski definition) is 3. The molecule has 2 rings (SSSR count). The van der Waals surface area contributed by atoms with Crippen molar-refractivity contribution in [1.82, 2.24) is 5.32 Å². The van der Waals surface area contributed by atoms with Gasteiger partial charge in [0.25, 0.3) is 5.91 Å². The smallest absolute Gasteiger partial charge is 0.272 e. The van der Waals surface area contributed by atoms with E-state index in [9.17, 15) is 9.59 Å². The third kappa shape index (κ3) is 5.11. The van der Waals surface area contributed by atoms with Gasteiger partial charge in [0.1, 0.15) is 5.70 Å². The number of hydrogen-bond donors (Lipinski definition) is 2. The van der Waals surface area contributed by atoms with Crippen LogP contribution >= 0.6 is 0 Å². The Bertz CT molecular complexity index is 788. The topological polar surface area (TPSA) is 82.0 Å². The van der Waals surface area contributed by atoms with E-state index in [4.69, 9.17) is 5.26 Å². The summed E-state index contributed by atoms with van der Waals surface area (Å²) < 4.78 is 0. The van der Waals surface area contributed by atoms with Gasteiger partial charge >= 0.3 is 0 Å². The zero-order valence-electron chi connectivity index (χ0n) is 13.2. The van der Waals surface area contributed by atoms with Gasteiger partial charge in [0.2, 0.25) is 5.91 Å². The first-order chi connectivity index (χ1) is 11.6. The second kappa shape index (κ2) is 8.30. The van der Waals surface area contributed by atoms with Gasteiger partial charge in [0.05, 0.1) is 12.5 Å². The van der Waals surface area contributed by atoms with Crippen molar-refractivity contribution in [1.29, 1.82) is 5.26 Å². The fourth-order valence-electron chi connectivity index (χ4n) is 2.06. The zero-order chi connectivity index (χ0) is 17.4. The molecular weight excluding hydrogens is 302 g/mol. The molecule has 24 heavy (non-hydrogen) atoms. The van der Waals surface area contributed by atoms with Crippen LogP contribution in [0.1, 0.15) is 18.1 Å². The normalized spacial score (nSPS) is 10.6. The Hall–Kier alpha value is -3.39. The second-order valence-electron chi connectivity index (χ2n) is 5.14. The van der Waals surface area contributed by atoms with Gasteiger partial charge in [-0.1, -0.05) is 42.5 Å². The second-order valence-corrected chi connectivity index (χ2v) is 5.14. The Labute approximate surface area is 140 Å². The summed E-state index contributed by atoms with van der Waals surface area (Å²) in [6, 6.07) is 18.3. The quantitative estimate of drug-likeness (QED) is 0.831. The van der Waals surface area contributed by atoms with Crippen molar-refractivity contribution >= 4 is 23.6 Å². The summed E-state index contributed by atoms with van der Waals surface area (Å²) in [5, 5.41) is 13.9. The molecule has 0 bridgehead atoms. The third-order valence-corrected chi connectivity index (χ3v) is 3.16. The fourth-order valence-corrected chi connectivity index (χ4v) is 2.06. The van der Waals surface area contributed by atoms with Gasteiger partial charge in [-0.3, -0.25) is 9.59 Å². The lowest BCUT2D eigenvalue weighted by molar-refractivity contribution is -0.120. The maximum atomic E-state index is 12.4. The number of carbonyl (C=O) groups excluding carboxylic acids is 2. The van der Waals surface area contributed by atoms with Crippen molar-refractivity contribution in [3.63, 3.8) is 0 Å². The van der Waals surface area contributed by atoms with E-state index >= 15 is 0 Å². The van der Waals surface area contributed by atoms with Crippen molar-refractivity contribution in [2.75, 3.05) is 5.32 Å². The average molecular weight is 319 g/mol. The molecule has 0 saturated heterocycles. The van der Waals surface area contributed by atoms with Gasteiger partial charge in [0.15, 0.2) is 0 Å². The van der Waals surface area contributed by atoms with Crippen molar-refractivity contribution in [3.8, 4) is 6.07 Å². The van der Waals surface area contributed by atoms with Gasteiger partial charge in [-0.25, -0.2) is 0 Å². The molecule has 0 atom stereocenters. The Kier molecular flexibility index (Phi) is 5.87. The predicted molar refractivity (Wildman–Crippen MR) is 92.6 cm³/mol. The molecule has 2 N–H and O–H groups in total. The number of nitriles is 1. The fraction of sp³-hybridized carbons (Fsp3) is 0.105. The maximum absolute atomic E-state index is 12.4. The van der Waals surface area contributed by atoms with Gasteiger partial charge in [-0.15, -0.1) is 0 Å². The van der Waals surface area contributed by atoms with Crippen LogP contribution < -0.4 is 10.6 Å². The molecule has 5 nitrogen and oxygen atoms in total. The first kappa shape index (κ1) is 17.0. The molecular formula is C19H17N3O2. The Morgan fingerprint density at radius 3 is 2.33 bits per heavy atom. The number of rotatable bonds is 5. The van der Waals surface area contributed by atoms with E-state index in [1.807, 2.05) is 30.3 Å². The number of anilines is 1. The van der Waals surface area contributed by atoms with Crippen LogP contribution in [0.15, 0.2) is 60.3 Å². The molecule has 0 heterocycles. The highest BCUT2D eigenvalue weighted by molar-refractivity contribution is 6.08. The lowest BCUT2D eigenvalue weighted by atomic mass is 10.1. The molecule has 0 radical (unpaired) electrons. The molecule has 2 amide bonds. The molecule has 2 aromatic carbocycles. The van der Waals surface area contributed by atoms with E-state index in [1.165, 1.54) is 6.92 Å². The van der Waals surface area contributed by atoms with E-state index in [1.54, 1.807) is 30.3 Å². The summed E-state index contributed by atoms with van der Waals surface area (Å²) in [7, 11) is 0. The summed E-state index contributed by atoms with van der Waals surface area (Å²) in [5.41, 5.74) is 2.43. The monoisotopic (exact) mass is 319 g/mol. The molecule has 0 saturated carbocycles. The lowest BCUT2D eigenvalue weighted by Gasteiger charge is -2.10. The van der Waals surface area contributed by atoms with E-state index in [0.29, 0.717) is 12.1 Å². The van der Waals surface area contributed by atoms with E-state index in [0.717, 1.165) is 11.1 Å². The Morgan fingerprint density at radius 2 is 1.75 bits per heavy atom. The van der Waals surface area contributed by atoms with Crippen LogP contribution in [0.25, 0.3) is 6.08 Å². The van der Waals surface area contributed by atoms with Crippen LogP contribution in [0.5, 0.6) is 0 Å². The molecule has 0 aliphatic heterocycles. The summed E-state index contributed by atoms with van der Waals surface area (Å²) in [5.74, 6) is -0.737. The van der Waals surface area contributed by atoms with Crippen molar-refractivity contribution in [2.24, 2.45) is 0 Å². The number of benzene rings is 2. The minimum Gasteiger partial charge on any atom is -0.322 e. The Balaban J connectivity index is 2.17. The molecule has 120 valence electrons. The van der Waals surface area contributed by atoms with E-state index in [-0.39, 0.29) is 11.6 Å². The van der Waals surface area contributed by atoms with Gasteiger partial charge in [-0.2, -0.15) is 5.26 Å². The standard InChI is InChI=1S/C19H17N3O2/c1-14(23)21-18(13-16-5-3-2-4-6-16)19(24)22-17-9-7-15(8-10-17)11-12-20/h2-10,13H,11H2,1H3,(H,21,23)(H,22,24)/b18-13-. The summed E-state index contributed by atoms with van der Waals surface area (Å²) in [6.45, 7) is 1.35. The molecule has 0 aliphatic carbocycles. The van der Waals surface area contributed by atoms with Crippen LogP contribution in [0, 0.1) is 11.3 Å². The third-order valence-electron chi connectivity index (χ3n) is 3.16. The first-order valence-corrected chi connectivity index (χ1v) is 7.40. The summed E-state index contributed by atoms with van der Waals surface area (Å²) in [6.07, 6.45) is 1.93. The summed E-state index contributed by atoms with van der Waals surface area (Å²) >= 11 is 0.